The number of hydrogen-bond donors (Lipinski definition) is 1. The maximum absolute atomic E-state index is 12.6. The fourth-order valence-electron chi connectivity index (χ4n) is 3.15. The first-order chi connectivity index (χ1) is 14.5. The molecule has 6 nitrogen and oxygen atoms in total. The lowest BCUT2D eigenvalue weighted by atomic mass is 10.1. The van der Waals surface area contributed by atoms with E-state index < -0.39 is 0 Å². The third kappa shape index (κ3) is 5.10. The Balaban J connectivity index is 1.69. The molecule has 0 radical (unpaired) electrons. The summed E-state index contributed by atoms with van der Waals surface area (Å²) in [5.74, 6) is 2.10. The molecule has 1 N–H and O–H groups in total. The maximum Gasteiger partial charge on any atom is 0.226 e. The van der Waals surface area contributed by atoms with Crippen LogP contribution in [0.15, 0.2) is 47.8 Å². The normalized spacial score (nSPS) is 11.6. The molecule has 0 aliphatic rings. The molecule has 1 atom stereocenters. The summed E-state index contributed by atoms with van der Waals surface area (Å²) >= 11 is 1.50. The van der Waals surface area contributed by atoms with E-state index in [1.807, 2.05) is 61.7 Å². The van der Waals surface area contributed by atoms with Crippen molar-refractivity contribution < 1.29 is 19.0 Å². The topological polar surface area (TPSA) is 69.7 Å². The van der Waals surface area contributed by atoms with Crippen LogP contribution < -0.4 is 19.5 Å². The second kappa shape index (κ2) is 10.1. The van der Waals surface area contributed by atoms with Crippen LogP contribution in [0.1, 0.15) is 31.1 Å². The molecule has 0 fully saturated rings. The van der Waals surface area contributed by atoms with E-state index in [0.29, 0.717) is 18.1 Å². The van der Waals surface area contributed by atoms with Gasteiger partial charge in [0.15, 0.2) is 0 Å². The number of methoxy groups -OCH3 is 2. The lowest BCUT2D eigenvalue weighted by Crippen LogP contribution is -2.28. The van der Waals surface area contributed by atoms with Gasteiger partial charge in [0.1, 0.15) is 22.3 Å². The van der Waals surface area contributed by atoms with Crippen molar-refractivity contribution in [2.75, 3.05) is 20.8 Å². The van der Waals surface area contributed by atoms with Crippen LogP contribution in [0.25, 0.3) is 10.6 Å². The molecule has 158 valence electrons. The Morgan fingerprint density at radius 1 is 1.13 bits per heavy atom. The number of thiazole rings is 1. The fourth-order valence-corrected chi connectivity index (χ4v) is 4.00. The van der Waals surface area contributed by atoms with Crippen LogP contribution in [0.5, 0.6) is 17.2 Å². The molecule has 0 saturated carbocycles. The predicted molar refractivity (Wildman–Crippen MR) is 119 cm³/mol. The molecule has 2 aromatic carbocycles. The van der Waals surface area contributed by atoms with E-state index >= 15 is 0 Å². The number of nitrogens with one attached hydrogen (secondary N) is 1. The van der Waals surface area contributed by atoms with E-state index in [0.717, 1.165) is 27.6 Å². The van der Waals surface area contributed by atoms with Gasteiger partial charge in [0.25, 0.3) is 0 Å². The van der Waals surface area contributed by atoms with Crippen molar-refractivity contribution in [3.63, 3.8) is 0 Å². The monoisotopic (exact) mass is 426 g/mol. The minimum Gasteiger partial charge on any atom is -0.497 e. The van der Waals surface area contributed by atoms with Crippen LogP contribution in [-0.4, -0.2) is 31.7 Å². The second-order valence-corrected chi connectivity index (χ2v) is 7.51. The molecule has 30 heavy (non-hydrogen) atoms. The molecule has 3 aromatic rings. The molecular weight excluding hydrogens is 400 g/mol. The Kier molecular flexibility index (Phi) is 7.30. The Labute approximate surface area is 180 Å². The Hall–Kier alpha value is -3.06. The lowest BCUT2D eigenvalue weighted by molar-refractivity contribution is -0.121. The number of benzene rings is 2. The van der Waals surface area contributed by atoms with Crippen LogP contribution in [0.2, 0.25) is 0 Å². The highest BCUT2D eigenvalue weighted by Gasteiger charge is 2.17. The summed E-state index contributed by atoms with van der Waals surface area (Å²) in [6, 6.07) is 13.1. The highest BCUT2D eigenvalue weighted by Crippen LogP contribution is 2.32. The molecule has 0 saturated heterocycles. The van der Waals surface area contributed by atoms with E-state index in [1.165, 1.54) is 11.3 Å². The third-order valence-electron chi connectivity index (χ3n) is 4.59. The van der Waals surface area contributed by atoms with Crippen molar-refractivity contribution in [3.8, 4) is 27.8 Å². The number of rotatable bonds is 9. The minimum absolute atomic E-state index is 0.109. The number of hydrogen-bond acceptors (Lipinski definition) is 6. The summed E-state index contributed by atoms with van der Waals surface area (Å²) < 4.78 is 16.4. The largest absolute Gasteiger partial charge is 0.497 e. The van der Waals surface area contributed by atoms with Gasteiger partial charge in [-0.3, -0.25) is 4.79 Å². The summed E-state index contributed by atoms with van der Waals surface area (Å²) in [6.45, 7) is 4.45. The summed E-state index contributed by atoms with van der Waals surface area (Å²) in [5.41, 5.74) is 2.52. The maximum atomic E-state index is 12.6. The van der Waals surface area contributed by atoms with Crippen molar-refractivity contribution in [2.45, 2.75) is 26.3 Å². The number of ether oxygens (including phenoxy) is 3. The number of para-hydroxylation sites is 1. The SMILES string of the molecule is CCOc1ccccc1-c1nc(CC(=O)NC(C)c2cc(OC)ccc2OC)cs1. The molecule has 3 rings (SSSR count). The van der Waals surface area contributed by atoms with Crippen LogP contribution in [-0.2, 0) is 11.2 Å². The second-order valence-electron chi connectivity index (χ2n) is 6.65. The van der Waals surface area contributed by atoms with Gasteiger partial charge in [-0.05, 0) is 44.2 Å². The molecule has 0 aliphatic heterocycles. The van der Waals surface area contributed by atoms with E-state index in [-0.39, 0.29) is 18.4 Å². The zero-order valence-corrected chi connectivity index (χ0v) is 18.4. The fraction of sp³-hybridized carbons (Fsp3) is 0.304. The van der Waals surface area contributed by atoms with Gasteiger partial charge in [-0.15, -0.1) is 11.3 Å². The molecule has 1 heterocycles. The number of carbonyl (C=O) groups is 1. The van der Waals surface area contributed by atoms with Gasteiger partial charge < -0.3 is 19.5 Å². The zero-order chi connectivity index (χ0) is 21.5. The minimum atomic E-state index is -0.237. The number of aromatic nitrogens is 1. The van der Waals surface area contributed by atoms with Gasteiger partial charge in [0.2, 0.25) is 5.91 Å². The van der Waals surface area contributed by atoms with E-state index in [4.69, 9.17) is 14.2 Å². The van der Waals surface area contributed by atoms with Crippen LogP contribution in [0.4, 0.5) is 0 Å². The van der Waals surface area contributed by atoms with E-state index in [9.17, 15) is 4.79 Å². The molecular formula is C23H26N2O4S. The van der Waals surface area contributed by atoms with Crippen molar-refractivity contribution in [3.05, 3.63) is 59.1 Å². The highest BCUT2D eigenvalue weighted by atomic mass is 32.1. The number of carbonyl (C=O) groups excluding carboxylic acids is 1. The van der Waals surface area contributed by atoms with Gasteiger partial charge in [-0.1, -0.05) is 12.1 Å². The number of nitrogens with zero attached hydrogens (tertiary/aromatic N) is 1. The first kappa shape index (κ1) is 21.6. The summed E-state index contributed by atoms with van der Waals surface area (Å²) in [5, 5.41) is 5.77. The zero-order valence-electron chi connectivity index (χ0n) is 17.6. The van der Waals surface area contributed by atoms with Gasteiger partial charge in [-0.2, -0.15) is 0 Å². The van der Waals surface area contributed by atoms with Gasteiger partial charge in [0.05, 0.1) is 44.5 Å². The molecule has 0 spiro atoms. The van der Waals surface area contributed by atoms with Crippen LogP contribution >= 0.6 is 11.3 Å². The first-order valence-electron chi connectivity index (χ1n) is 9.73. The predicted octanol–water partition coefficient (Wildman–Crippen LogP) is 4.65. The van der Waals surface area contributed by atoms with Crippen molar-refractivity contribution in [2.24, 2.45) is 0 Å². The Morgan fingerprint density at radius 2 is 1.93 bits per heavy atom. The summed E-state index contributed by atoms with van der Waals surface area (Å²) in [6.07, 6.45) is 0.198. The van der Waals surface area contributed by atoms with Crippen molar-refractivity contribution >= 4 is 17.2 Å². The van der Waals surface area contributed by atoms with Crippen LogP contribution in [0, 0.1) is 0 Å². The molecule has 0 aliphatic carbocycles. The average Bonchev–Trinajstić information content (AvgIpc) is 3.21. The summed E-state index contributed by atoms with van der Waals surface area (Å²) in [4.78, 5) is 17.3. The standard InChI is InChI=1S/C23H26N2O4S/c1-5-29-21-9-7-6-8-18(21)23-25-16(14-30-23)12-22(26)24-15(2)19-13-17(27-3)10-11-20(19)28-4/h6-11,13-15H,5,12H2,1-4H3,(H,24,26). The highest BCUT2D eigenvalue weighted by molar-refractivity contribution is 7.13. The number of amides is 1. The Morgan fingerprint density at radius 3 is 2.67 bits per heavy atom. The lowest BCUT2D eigenvalue weighted by Gasteiger charge is -2.18. The van der Waals surface area contributed by atoms with E-state index in [1.54, 1.807) is 14.2 Å². The molecule has 1 aromatic heterocycles. The quantitative estimate of drug-likeness (QED) is 0.540. The van der Waals surface area contributed by atoms with E-state index in [2.05, 4.69) is 10.3 Å². The molecule has 0 bridgehead atoms. The third-order valence-corrected chi connectivity index (χ3v) is 5.52. The molecule has 1 unspecified atom stereocenters. The van der Waals surface area contributed by atoms with Gasteiger partial charge in [0, 0.05) is 10.9 Å². The van der Waals surface area contributed by atoms with Crippen molar-refractivity contribution in [1.82, 2.24) is 10.3 Å². The molecule has 1 amide bonds. The van der Waals surface area contributed by atoms with Gasteiger partial charge >= 0.3 is 0 Å². The average molecular weight is 427 g/mol. The summed E-state index contributed by atoms with van der Waals surface area (Å²) in [7, 11) is 3.22. The smallest absolute Gasteiger partial charge is 0.226 e. The van der Waals surface area contributed by atoms with Crippen LogP contribution in [0.3, 0.4) is 0 Å². The van der Waals surface area contributed by atoms with Crippen molar-refractivity contribution in [1.29, 1.82) is 0 Å². The first-order valence-corrected chi connectivity index (χ1v) is 10.6. The Bertz CT molecular complexity index is 1000. The molecule has 7 heteroatoms. The van der Waals surface area contributed by atoms with Gasteiger partial charge in [-0.25, -0.2) is 4.98 Å².